The van der Waals surface area contributed by atoms with Crippen molar-refractivity contribution in [3.05, 3.63) is 65.9 Å². The largest absolute Gasteiger partial charge is 0.461 e. The fraction of sp³-hybridized carbons (Fsp3) is 0.111. The van der Waals surface area contributed by atoms with Crippen LogP contribution in [0.5, 0.6) is 0 Å². The Kier molecular flexibility index (Phi) is 10.9. The van der Waals surface area contributed by atoms with E-state index in [4.69, 9.17) is 15.0 Å². The third-order valence-corrected chi connectivity index (χ3v) is 10.6. The number of primary sulfonamides is 2. The van der Waals surface area contributed by atoms with E-state index >= 15 is 0 Å². The van der Waals surface area contributed by atoms with Gasteiger partial charge in [-0.2, -0.15) is 10.2 Å². The van der Waals surface area contributed by atoms with Crippen molar-refractivity contribution in [3.63, 3.8) is 0 Å². The van der Waals surface area contributed by atoms with Crippen molar-refractivity contribution < 1.29 is 40.8 Å². The van der Waals surface area contributed by atoms with Gasteiger partial charge in [-0.1, -0.05) is 59.1 Å². The van der Waals surface area contributed by atoms with E-state index < -0.39 is 63.7 Å². The first-order chi connectivity index (χ1) is 24.6. The summed E-state index contributed by atoms with van der Waals surface area (Å²) in [5.74, 6) is -3.64. The molecule has 0 aliphatic heterocycles. The van der Waals surface area contributed by atoms with E-state index in [0.717, 1.165) is 6.92 Å². The van der Waals surface area contributed by atoms with Crippen LogP contribution in [0.15, 0.2) is 68.4 Å². The van der Waals surface area contributed by atoms with Crippen molar-refractivity contribution in [3.8, 4) is 16.9 Å². The molecule has 270 valence electrons. The molecule has 0 bridgehead atoms. The number of ether oxygens (including phenoxy) is 1. The van der Waals surface area contributed by atoms with Gasteiger partial charge in [-0.3, -0.25) is 30.4 Å². The molecular formula is C27H24N12O9S4. The number of anilines is 3. The highest BCUT2D eigenvalue weighted by atomic mass is 32.3. The molecule has 0 unspecified atom stereocenters. The Morgan fingerprint density at radius 3 is 1.98 bits per heavy atom. The predicted octanol–water partition coefficient (Wildman–Crippen LogP) is 0.962. The molecule has 0 spiro atoms. The van der Waals surface area contributed by atoms with Crippen molar-refractivity contribution in [1.82, 2.24) is 30.2 Å². The summed E-state index contributed by atoms with van der Waals surface area (Å²) >= 11 is 0.888. The molecule has 52 heavy (non-hydrogen) atoms. The molecule has 0 aliphatic carbocycles. The van der Waals surface area contributed by atoms with Crippen LogP contribution in [0.4, 0.5) is 16.0 Å². The summed E-state index contributed by atoms with van der Waals surface area (Å²) in [6.45, 7) is 2.71. The lowest BCUT2D eigenvalue weighted by atomic mass is 10.0. The highest BCUT2D eigenvalue weighted by Crippen LogP contribution is 2.32. The zero-order chi connectivity index (χ0) is 37.8. The summed E-state index contributed by atoms with van der Waals surface area (Å²) < 4.78 is 52.0. The third kappa shape index (κ3) is 8.53. The van der Waals surface area contributed by atoms with Crippen LogP contribution in [0.1, 0.15) is 34.7 Å². The molecule has 2 aromatic carbocycles. The molecule has 0 fully saturated rings. The van der Waals surface area contributed by atoms with Crippen LogP contribution in [0.2, 0.25) is 0 Å². The normalized spacial score (nSPS) is 11.9. The van der Waals surface area contributed by atoms with Gasteiger partial charge in [-0.05, 0) is 25.1 Å². The Bertz CT molecular complexity index is 2460. The average Bonchev–Trinajstić information content (AvgIpc) is 3.84. The second-order valence-corrected chi connectivity index (χ2v) is 15.4. The maximum absolute atomic E-state index is 14.0. The number of nitrogens with zero attached hydrogens (tertiary/aromatic N) is 7. The van der Waals surface area contributed by atoms with Gasteiger partial charge in [0.25, 0.3) is 31.9 Å². The zero-order valence-electron chi connectivity index (χ0n) is 26.5. The monoisotopic (exact) mass is 788 g/mol. The maximum atomic E-state index is 14.0. The Morgan fingerprint density at radius 2 is 1.44 bits per heavy atom. The molecule has 5 rings (SSSR count). The number of sulfonamides is 2. The second kappa shape index (κ2) is 15.2. The van der Waals surface area contributed by atoms with Crippen LogP contribution in [0.25, 0.3) is 16.9 Å². The van der Waals surface area contributed by atoms with Gasteiger partial charge in [0.1, 0.15) is 0 Å². The van der Waals surface area contributed by atoms with Crippen LogP contribution in [0, 0.1) is 0 Å². The first-order valence-corrected chi connectivity index (χ1v) is 18.9. The SMILES string of the molecule is CCOC(=O)/C(=N\Nc1cccc(-n2nc(C(=O)Nc3nnc(S(N)(=O)=O)s3)c(C(=O)Nc3nnc(S(N)(=O)=O)s3)c2-c2ccccc2)c1)C(C)=O. The van der Waals surface area contributed by atoms with E-state index in [1.54, 1.807) is 55.5 Å². The van der Waals surface area contributed by atoms with E-state index in [2.05, 4.69) is 46.7 Å². The molecule has 0 radical (unpaired) electrons. The number of ketones is 1. The Labute approximate surface area is 301 Å². The fourth-order valence-electron chi connectivity index (χ4n) is 4.20. The van der Waals surface area contributed by atoms with Crippen LogP contribution < -0.4 is 26.3 Å². The van der Waals surface area contributed by atoms with Crippen LogP contribution in [-0.2, 0) is 34.4 Å². The molecule has 0 saturated carbocycles. The smallest absolute Gasteiger partial charge is 0.362 e. The number of Topliss-reactive ketones (excluding diaryl/α,β-unsaturated/α-hetero) is 1. The second-order valence-electron chi connectivity index (χ2n) is 9.99. The Balaban J connectivity index is 1.66. The number of amides is 2. The van der Waals surface area contributed by atoms with Crippen molar-refractivity contribution in [2.24, 2.45) is 15.4 Å². The van der Waals surface area contributed by atoms with E-state index in [9.17, 15) is 36.0 Å². The van der Waals surface area contributed by atoms with Gasteiger partial charge in [0.15, 0.2) is 11.5 Å². The number of nitrogens with one attached hydrogen (secondary N) is 3. The lowest BCUT2D eigenvalue weighted by Gasteiger charge is -2.11. The van der Waals surface area contributed by atoms with Crippen molar-refractivity contribution in [1.29, 1.82) is 0 Å². The summed E-state index contributed by atoms with van der Waals surface area (Å²) in [4.78, 5) is 52.1. The topological polar surface area (TPSA) is 316 Å². The van der Waals surface area contributed by atoms with Crippen molar-refractivity contribution >= 4 is 87.9 Å². The van der Waals surface area contributed by atoms with Gasteiger partial charge in [0.2, 0.25) is 24.7 Å². The number of hydrogen-bond donors (Lipinski definition) is 5. The maximum Gasteiger partial charge on any atom is 0.362 e. The summed E-state index contributed by atoms with van der Waals surface area (Å²) in [6, 6.07) is 14.4. The van der Waals surface area contributed by atoms with Crippen LogP contribution in [0.3, 0.4) is 0 Å². The molecule has 2 amide bonds. The minimum Gasteiger partial charge on any atom is -0.461 e. The molecule has 0 aliphatic rings. The van der Waals surface area contributed by atoms with E-state index in [-0.39, 0.29) is 39.5 Å². The summed E-state index contributed by atoms with van der Waals surface area (Å²) in [7, 11) is -8.53. The van der Waals surface area contributed by atoms with E-state index in [1.807, 2.05) is 0 Å². The van der Waals surface area contributed by atoms with Gasteiger partial charge in [-0.25, -0.2) is 36.6 Å². The Morgan fingerprint density at radius 1 is 0.846 bits per heavy atom. The predicted molar refractivity (Wildman–Crippen MR) is 186 cm³/mol. The molecule has 7 N–H and O–H groups in total. The number of hydrazone groups is 1. The first-order valence-electron chi connectivity index (χ1n) is 14.2. The quantitative estimate of drug-likeness (QED) is 0.0365. The number of hydrogen-bond acceptors (Lipinski definition) is 18. The van der Waals surface area contributed by atoms with Crippen LogP contribution >= 0.6 is 22.7 Å². The standard InChI is InChI=1S/C27H24N12O9S4/c1-3-48-23(43)18(13(2)40)33-32-15-10-7-11-16(12-15)39-20(14-8-5-4-6-9-14)17(21(41)30-24-34-36-26(49-24)51(28,44)45)19(38-39)22(42)31-25-35-37-27(50-25)52(29,46)47/h4-12,32H,3H2,1-2H3,(H2,28,44,45)(H2,29,46,47)(H,30,34,41)(H,31,35,42)/b33-18-. The Hall–Kier alpha value is -5.86. The molecule has 5 aromatic rings. The highest BCUT2D eigenvalue weighted by Gasteiger charge is 2.32. The lowest BCUT2D eigenvalue weighted by molar-refractivity contribution is -0.135. The number of esters is 1. The van der Waals surface area contributed by atoms with Crippen molar-refractivity contribution in [2.75, 3.05) is 22.7 Å². The summed E-state index contributed by atoms with van der Waals surface area (Å²) in [6.07, 6.45) is 0. The molecule has 25 heteroatoms. The highest BCUT2D eigenvalue weighted by molar-refractivity contribution is 7.91. The summed E-state index contributed by atoms with van der Waals surface area (Å²) in [5.41, 5.74) is 2.12. The lowest BCUT2D eigenvalue weighted by Crippen LogP contribution is -2.25. The molecular weight excluding hydrogens is 765 g/mol. The van der Waals surface area contributed by atoms with E-state index in [1.165, 1.54) is 10.7 Å². The minimum absolute atomic E-state index is 0.00663. The minimum atomic E-state index is -4.27. The van der Waals surface area contributed by atoms with Crippen LogP contribution in [-0.4, -0.2) is 82.9 Å². The van der Waals surface area contributed by atoms with Crippen molar-refractivity contribution in [2.45, 2.75) is 22.5 Å². The van der Waals surface area contributed by atoms with Gasteiger partial charge in [0.05, 0.1) is 29.2 Å². The first kappa shape index (κ1) is 37.4. The fourth-order valence-corrected chi connectivity index (χ4v) is 6.86. The van der Waals surface area contributed by atoms with Gasteiger partial charge >= 0.3 is 5.97 Å². The van der Waals surface area contributed by atoms with Gasteiger partial charge in [-0.15, -0.1) is 20.4 Å². The van der Waals surface area contributed by atoms with E-state index in [0.29, 0.717) is 28.2 Å². The number of aromatic nitrogens is 6. The number of carbonyl (C=O) groups excluding carboxylic acids is 4. The number of rotatable bonds is 13. The molecule has 3 heterocycles. The number of benzene rings is 2. The number of nitrogens with two attached hydrogens (primary N) is 2. The number of carbonyl (C=O) groups is 4. The van der Waals surface area contributed by atoms with Gasteiger partial charge < -0.3 is 4.74 Å². The third-order valence-electron chi connectivity index (χ3n) is 6.31. The summed E-state index contributed by atoms with van der Waals surface area (Å²) in [5, 5.41) is 37.0. The molecule has 21 nitrogen and oxygen atoms in total. The molecule has 0 saturated heterocycles. The zero-order valence-corrected chi connectivity index (χ0v) is 29.8. The molecule has 3 aromatic heterocycles. The van der Waals surface area contributed by atoms with Gasteiger partial charge in [0, 0.05) is 12.5 Å². The average molecular weight is 789 g/mol. The molecule has 0 atom stereocenters.